The van der Waals surface area contributed by atoms with E-state index in [4.69, 9.17) is 24.7 Å². The van der Waals surface area contributed by atoms with Crippen molar-refractivity contribution in [2.45, 2.75) is 25.9 Å². The van der Waals surface area contributed by atoms with Gasteiger partial charge in [0.15, 0.2) is 11.5 Å². The lowest BCUT2D eigenvalue weighted by atomic mass is 10.1. The standard InChI is InChI=1S/C27H25N3O4/c1-32-26-17-21(18-29)10-13-25(26)33-16-4-7-27(31)30-24-6-3-2-5-22(24)19-34-23-11-8-20(9-12-23)14-15-28/h2-3,5-6,8-13,17H,4,7,14,16,19H2,1H3,(H,30,31). The van der Waals surface area contributed by atoms with Crippen molar-refractivity contribution in [3.05, 3.63) is 83.4 Å². The van der Waals surface area contributed by atoms with Crippen LogP contribution in [0.2, 0.25) is 0 Å². The molecule has 3 rings (SSSR count). The van der Waals surface area contributed by atoms with E-state index >= 15 is 0 Å². The summed E-state index contributed by atoms with van der Waals surface area (Å²) in [6.07, 6.45) is 1.16. The first kappa shape index (κ1) is 24.2. The van der Waals surface area contributed by atoms with E-state index in [2.05, 4.69) is 17.5 Å². The number of ether oxygens (including phenoxy) is 3. The van der Waals surface area contributed by atoms with Gasteiger partial charge in [-0.05, 0) is 42.3 Å². The Hall–Kier alpha value is -4.49. The van der Waals surface area contributed by atoms with Crippen molar-refractivity contribution < 1.29 is 19.0 Å². The van der Waals surface area contributed by atoms with Crippen molar-refractivity contribution in [1.29, 1.82) is 10.5 Å². The van der Waals surface area contributed by atoms with Crippen LogP contribution < -0.4 is 19.5 Å². The number of carbonyl (C=O) groups is 1. The summed E-state index contributed by atoms with van der Waals surface area (Å²) in [6, 6.07) is 24.0. The van der Waals surface area contributed by atoms with Crippen molar-refractivity contribution >= 4 is 11.6 Å². The Morgan fingerprint density at radius 1 is 0.971 bits per heavy atom. The predicted molar refractivity (Wildman–Crippen MR) is 128 cm³/mol. The largest absolute Gasteiger partial charge is 0.493 e. The van der Waals surface area contributed by atoms with E-state index in [0.717, 1.165) is 11.1 Å². The highest BCUT2D eigenvalue weighted by molar-refractivity contribution is 5.91. The van der Waals surface area contributed by atoms with Crippen LogP contribution in [0.5, 0.6) is 17.2 Å². The van der Waals surface area contributed by atoms with Crippen molar-refractivity contribution in [2.24, 2.45) is 0 Å². The van der Waals surface area contributed by atoms with Crippen LogP contribution in [0.4, 0.5) is 5.69 Å². The van der Waals surface area contributed by atoms with E-state index < -0.39 is 0 Å². The van der Waals surface area contributed by atoms with Crippen LogP contribution >= 0.6 is 0 Å². The van der Waals surface area contributed by atoms with E-state index in [-0.39, 0.29) is 12.3 Å². The third-order valence-corrected chi connectivity index (χ3v) is 4.99. The number of nitrogens with one attached hydrogen (secondary N) is 1. The van der Waals surface area contributed by atoms with Gasteiger partial charge < -0.3 is 19.5 Å². The first-order valence-corrected chi connectivity index (χ1v) is 10.8. The van der Waals surface area contributed by atoms with Crippen LogP contribution in [-0.4, -0.2) is 19.6 Å². The Morgan fingerprint density at radius 2 is 1.76 bits per heavy atom. The summed E-state index contributed by atoms with van der Waals surface area (Å²) in [5, 5.41) is 20.7. The molecule has 0 saturated carbocycles. The molecule has 0 aliphatic heterocycles. The molecule has 3 aromatic rings. The van der Waals surface area contributed by atoms with E-state index in [1.165, 1.54) is 7.11 Å². The lowest BCUT2D eigenvalue weighted by molar-refractivity contribution is -0.116. The van der Waals surface area contributed by atoms with Crippen LogP contribution in [0.3, 0.4) is 0 Å². The van der Waals surface area contributed by atoms with E-state index in [1.54, 1.807) is 18.2 Å². The lowest BCUT2D eigenvalue weighted by Crippen LogP contribution is -2.14. The molecular formula is C27H25N3O4. The lowest BCUT2D eigenvalue weighted by Gasteiger charge is -2.13. The Kier molecular flexibility index (Phi) is 8.90. The van der Waals surface area contributed by atoms with Gasteiger partial charge in [-0.2, -0.15) is 10.5 Å². The molecule has 1 N–H and O–H groups in total. The normalized spacial score (nSPS) is 9.97. The maximum Gasteiger partial charge on any atom is 0.224 e. The Morgan fingerprint density at radius 3 is 2.50 bits per heavy atom. The predicted octanol–water partition coefficient (Wildman–Crippen LogP) is 5.01. The molecule has 0 unspecified atom stereocenters. The minimum atomic E-state index is -0.122. The summed E-state index contributed by atoms with van der Waals surface area (Å²) in [5.41, 5.74) is 2.98. The van der Waals surface area contributed by atoms with Gasteiger partial charge in [0.2, 0.25) is 5.91 Å². The van der Waals surface area contributed by atoms with Crippen LogP contribution in [-0.2, 0) is 17.8 Å². The molecule has 7 nitrogen and oxygen atoms in total. The maximum atomic E-state index is 12.5. The van der Waals surface area contributed by atoms with Crippen molar-refractivity contribution in [1.82, 2.24) is 0 Å². The van der Waals surface area contributed by atoms with E-state index in [9.17, 15) is 4.79 Å². The highest BCUT2D eigenvalue weighted by atomic mass is 16.5. The third-order valence-electron chi connectivity index (χ3n) is 4.99. The molecule has 172 valence electrons. The number of nitriles is 2. The Labute approximate surface area is 199 Å². The van der Waals surface area contributed by atoms with Crippen molar-refractivity contribution in [3.8, 4) is 29.4 Å². The molecule has 0 radical (unpaired) electrons. The first-order chi connectivity index (χ1) is 16.6. The SMILES string of the molecule is COc1cc(C#N)ccc1OCCCC(=O)Nc1ccccc1COc1ccc(CC#N)cc1. The Bertz CT molecular complexity index is 1190. The molecule has 0 aliphatic carbocycles. The fraction of sp³-hybridized carbons (Fsp3) is 0.222. The zero-order valence-electron chi connectivity index (χ0n) is 18.9. The molecule has 3 aromatic carbocycles. The van der Waals surface area contributed by atoms with Gasteiger partial charge in [-0.1, -0.05) is 30.3 Å². The van der Waals surface area contributed by atoms with Crippen LogP contribution in [0, 0.1) is 22.7 Å². The van der Waals surface area contributed by atoms with Gasteiger partial charge in [-0.15, -0.1) is 0 Å². The van der Waals surface area contributed by atoms with Gasteiger partial charge in [-0.25, -0.2) is 0 Å². The fourth-order valence-electron chi connectivity index (χ4n) is 3.21. The molecule has 1 amide bonds. The third kappa shape index (κ3) is 7.01. The zero-order chi connectivity index (χ0) is 24.2. The monoisotopic (exact) mass is 455 g/mol. The van der Waals surface area contributed by atoms with Crippen molar-refractivity contribution in [3.63, 3.8) is 0 Å². The molecule has 0 aromatic heterocycles. The van der Waals surface area contributed by atoms with Gasteiger partial charge in [0.1, 0.15) is 12.4 Å². The average molecular weight is 456 g/mol. The molecule has 0 saturated heterocycles. The molecule has 0 bridgehead atoms. The number of hydrogen-bond donors (Lipinski definition) is 1. The molecule has 0 aliphatic rings. The maximum absolute atomic E-state index is 12.5. The summed E-state index contributed by atoms with van der Waals surface area (Å²) >= 11 is 0. The van der Waals surface area contributed by atoms with Gasteiger partial charge in [0, 0.05) is 23.7 Å². The summed E-state index contributed by atoms with van der Waals surface area (Å²) in [4.78, 5) is 12.5. The number of para-hydroxylation sites is 1. The minimum Gasteiger partial charge on any atom is -0.493 e. The molecule has 34 heavy (non-hydrogen) atoms. The highest BCUT2D eigenvalue weighted by Gasteiger charge is 2.09. The number of rotatable bonds is 11. The first-order valence-electron chi connectivity index (χ1n) is 10.8. The van der Waals surface area contributed by atoms with Gasteiger partial charge in [-0.3, -0.25) is 4.79 Å². The molecule has 0 spiro atoms. The topological polar surface area (TPSA) is 104 Å². The quantitative estimate of drug-likeness (QED) is 0.408. The number of nitrogens with zero attached hydrogens (tertiary/aromatic N) is 2. The van der Waals surface area contributed by atoms with Crippen LogP contribution in [0.25, 0.3) is 0 Å². The average Bonchev–Trinajstić information content (AvgIpc) is 2.87. The van der Waals surface area contributed by atoms with Gasteiger partial charge in [0.25, 0.3) is 0 Å². The second kappa shape index (κ2) is 12.5. The number of hydrogen-bond acceptors (Lipinski definition) is 6. The molecule has 0 heterocycles. The zero-order valence-corrected chi connectivity index (χ0v) is 18.9. The molecule has 0 fully saturated rings. The summed E-state index contributed by atoms with van der Waals surface area (Å²) in [5.74, 6) is 1.59. The second-order valence-corrected chi connectivity index (χ2v) is 7.40. The fourth-order valence-corrected chi connectivity index (χ4v) is 3.21. The molecule has 0 atom stereocenters. The number of benzene rings is 3. The number of carbonyl (C=O) groups excluding carboxylic acids is 1. The summed E-state index contributed by atoms with van der Waals surface area (Å²) < 4.78 is 16.8. The highest BCUT2D eigenvalue weighted by Crippen LogP contribution is 2.28. The minimum absolute atomic E-state index is 0.122. The Balaban J connectivity index is 1.48. The number of anilines is 1. The van der Waals surface area contributed by atoms with Crippen molar-refractivity contribution in [2.75, 3.05) is 19.0 Å². The molecular weight excluding hydrogens is 430 g/mol. The van der Waals surface area contributed by atoms with Gasteiger partial charge >= 0.3 is 0 Å². The van der Waals surface area contributed by atoms with Gasteiger partial charge in [0.05, 0.1) is 37.8 Å². The summed E-state index contributed by atoms with van der Waals surface area (Å²) in [6.45, 7) is 0.637. The molecule has 7 heteroatoms. The van der Waals surface area contributed by atoms with Crippen LogP contribution in [0.15, 0.2) is 66.7 Å². The second-order valence-electron chi connectivity index (χ2n) is 7.40. The smallest absolute Gasteiger partial charge is 0.224 e. The van der Waals surface area contributed by atoms with E-state index in [1.807, 2.05) is 48.5 Å². The number of amides is 1. The summed E-state index contributed by atoms with van der Waals surface area (Å²) in [7, 11) is 1.52. The number of methoxy groups -OCH3 is 1. The van der Waals surface area contributed by atoms with Crippen LogP contribution in [0.1, 0.15) is 29.5 Å². The van der Waals surface area contributed by atoms with E-state index in [0.29, 0.717) is 54.6 Å².